The summed E-state index contributed by atoms with van der Waals surface area (Å²) in [5, 5.41) is 12.2. The van der Waals surface area contributed by atoms with Gasteiger partial charge < -0.3 is 9.84 Å². The Morgan fingerprint density at radius 3 is 2.03 bits per heavy atom. The fourth-order valence-corrected chi connectivity index (χ4v) is 4.62. The quantitative estimate of drug-likeness (QED) is 0.634. The SMILES string of the molecule is COc1ccc([C@H]2CC(c3ccccc3)=C[C@@](O)(C(C)(C)C)[C@@H]2C(=O)C(C)(C)C)cc1. The molecule has 3 rings (SSSR count). The van der Waals surface area contributed by atoms with Crippen molar-refractivity contribution in [2.45, 2.75) is 59.5 Å². The molecule has 3 atom stereocenters. The van der Waals surface area contributed by atoms with Crippen molar-refractivity contribution >= 4 is 11.4 Å². The van der Waals surface area contributed by atoms with E-state index in [2.05, 4.69) is 12.1 Å². The van der Waals surface area contributed by atoms with Crippen molar-refractivity contribution in [3.8, 4) is 5.75 Å². The highest BCUT2D eigenvalue weighted by Gasteiger charge is 2.55. The Morgan fingerprint density at radius 1 is 0.968 bits per heavy atom. The molecular weight excluding hydrogens is 384 g/mol. The number of aliphatic hydroxyl groups is 1. The van der Waals surface area contributed by atoms with Crippen LogP contribution in [0.25, 0.3) is 5.57 Å². The van der Waals surface area contributed by atoms with E-state index in [1.54, 1.807) is 7.11 Å². The number of carbonyl (C=O) groups is 1. The maximum atomic E-state index is 13.8. The summed E-state index contributed by atoms with van der Waals surface area (Å²) >= 11 is 0. The average molecular weight is 421 g/mol. The van der Waals surface area contributed by atoms with E-state index in [-0.39, 0.29) is 11.7 Å². The number of ether oxygens (including phenoxy) is 1. The average Bonchev–Trinajstić information content (AvgIpc) is 2.72. The van der Waals surface area contributed by atoms with E-state index in [9.17, 15) is 9.90 Å². The van der Waals surface area contributed by atoms with Crippen LogP contribution in [0.4, 0.5) is 0 Å². The molecule has 0 saturated carbocycles. The number of methoxy groups -OCH3 is 1. The molecule has 0 unspecified atom stereocenters. The van der Waals surface area contributed by atoms with Crippen molar-refractivity contribution in [1.82, 2.24) is 0 Å². The third kappa shape index (κ3) is 4.48. The van der Waals surface area contributed by atoms with Gasteiger partial charge in [0.1, 0.15) is 11.5 Å². The molecule has 0 aliphatic heterocycles. The van der Waals surface area contributed by atoms with Gasteiger partial charge in [0.2, 0.25) is 0 Å². The first-order chi connectivity index (χ1) is 14.4. The monoisotopic (exact) mass is 420 g/mol. The minimum atomic E-state index is -1.29. The number of ketones is 1. The fraction of sp³-hybridized carbons (Fsp3) is 0.464. The molecule has 3 nitrogen and oxygen atoms in total. The molecule has 0 spiro atoms. The van der Waals surface area contributed by atoms with Gasteiger partial charge in [0, 0.05) is 11.3 Å². The van der Waals surface area contributed by atoms with Crippen molar-refractivity contribution in [1.29, 1.82) is 0 Å². The fourth-order valence-electron chi connectivity index (χ4n) is 4.62. The van der Waals surface area contributed by atoms with Gasteiger partial charge in [0.15, 0.2) is 0 Å². The highest BCUT2D eigenvalue weighted by molar-refractivity contribution is 5.90. The molecule has 0 aromatic heterocycles. The number of hydrogen-bond donors (Lipinski definition) is 1. The van der Waals surface area contributed by atoms with Crippen LogP contribution in [0.3, 0.4) is 0 Å². The maximum Gasteiger partial charge on any atom is 0.145 e. The number of carbonyl (C=O) groups excluding carboxylic acids is 1. The van der Waals surface area contributed by atoms with Crippen molar-refractivity contribution in [3.63, 3.8) is 0 Å². The van der Waals surface area contributed by atoms with Gasteiger partial charge in [-0.05, 0) is 46.7 Å². The van der Waals surface area contributed by atoms with Crippen LogP contribution < -0.4 is 4.74 Å². The summed E-state index contributed by atoms with van der Waals surface area (Å²) in [5.74, 6) is 0.188. The number of hydrogen-bond acceptors (Lipinski definition) is 3. The second kappa shape index (κ2) is 8.27. The molecule has 1 aliphatic rings. The third-order valence-electron chi connectivity index (χ3n) is 6.62. The zero-order valence-corrected chi connectivity index (χ0v) is 19.9. The van der Waals surface area contributed by atoms with E-state index in [0.717, 1.165) is 22.4 Å². The lowest BCUT2D eigenvalue weighted by Gasteiger charge is -2.51. The topological polar surface area (TPSA) is 46.5 Å². The highest BCUT2D eigenvalue weighted by Crippen LogP contribution is 2.54. The third-order valence-corrected chi connectivity index (χ3v) is 6.62. The Balaban J connectivity index is 2.24. The summed E-state index contributed by atoms with van der Waals surface area (Å²) in [4.78, 5) is 13.8. The van der Waals surface area contributed by atoms with Crippen LogP contribution in [0.5, 0.6) is 5.75 Å². The zero-order chi connectivity index (χ0) is 23.0. The molecule has 0 radical (unpaired) electrons. The van der Waals surface area contributed by atoms with Gasteiger partial charge in [-0.25, -0.2) is 0 Å². The first-order valence-corrected chi connectivity index (χ1v) is 11.1. The van der Waals surface area contributed by atoms with Gasteiger partial charge in [-0.3, -0.25) is 4.79 Å². The summed E-state index contributed by atoms with van der Waals surface area (Å²) in [6, 6.07) is 18.1. The first kappa shape index (κ1) is 23.3. The van der Waals surface area contributed by atoms with Crippen molar-refractivity contribution in [2.24, 2.45) is 16.7 Å². The Hall–Kier alpha value is -2.39. The molecule has 2 aromatic rings. The van der Waals surface area contributed by atoms with E-state index >= 15 is 0 Å². The van der Waals surface area contributed by atoms with Crippen LogP contribution in [0, 0.1) is 16.7 Å². The van der Waals surface area contributed by atoms with Crippen LogP contribution in [-0.2, 0) is 4.79 Å². The largest absolute Gasteiger partial charge is 0.497 e. The Kier molecular flexibility index (Phi) is 6.21. The van der Waals surface area contributed by atoms with Crippen molar-refractivity contribution in [2.75, 3.05) is 7.11 Å². The Bertz CT molecular complexity index is 942. The second-order valence-electron chi connectivity index (χ2n) is 10.8. The number of rotatable bonds is 4. The summed E-state index contributed by atoms with van der Waals surface area (Å²) < 4.78 is 5.34. The number of allylic oxidation sites excluding steroid dienone is 1. The van der Waals surface area contributed by atoms with Gasteiger partial charge in [-0.15, -0.1) is 0 Å². The summed E-state index contributed by atoms with van der Waals surface area (Å²) in [5.41, 5.74) is 0.844. The molecule has 1 aliphatic carbocycles. The van der Waals surface area contributed by atoms with Crippen molar-refractivity contribution in [3.05, 3.63) is 71.8 Å². The molecule has 166 valence electrons. The molecular formula is C28H36O3. The molecule has 0 saturated heterocycles. The number of Topliss-reactive ketones (excluding diaryl/α,β-unsaturated/α-hetero) is 1. The molecule has 31 heavy (non-hydrogen) atoms. The van der Waals surface area contributed by atoms with Gasteiger partial charge in [0.25, 0.3) is 0 Å². The summed E-state index contributed by atoms with van der Waals surface area (Å²) in [6.07, 6.45) is 2.66. The molecule has 3 heteroatoms. The first-order valence-electron chi connectivity index (χ1n) is 11.1. The van der Waals surface area contributed by atoms with E-state index in [1.165, 1.54) is 0 Å². The molecule has 0 bridgehead atoms. The van der Waals surface area contributed by atoms with Gasteiger partial charge in [-0.1, -0.05) is 84.0 Å². The van der Waals surface area contributed by atoms with Crippen LogP contribution in [0.2, 0.25) is 0 Å². The van der Waals surface area contributed by atoms with Crippen LogP contribution in [-0.4, -0.2) is 23.6 Å². The minimum Gasteiger partial charge on any atom is -0.497 e. The van der Waals surface area contributed by atoms with E-state index in [1.807, 2.05) is 90.1 Å². The lowest BCUT2D eigenvalue weighted by Crippen LogP contribution is -2.56. The predicted octanol–water partition coefficient (Wildman–Crippen LogP) is 6.27. The smallest absolute Gasteiger partial charge is 0.145 e. The maximum absolute atomic E-state index is 13.8. The molecule has 2 aromatic carbocycles. The van der Waals surface area contributed by atoms with Gasteiger partial charge >= 0.3 is 0 Å². The highest BCUT2D eigenvalue weighted by atomic mass is 16.5. The second-order valence-corrected chi connectivity index (χ2v) is 10.8. The Labute approximate surface area is 187 Å². The van der Waals surface area contributed by atoms with Crippen LogP contribution >= 0.6 is 0 Å². The van der Waals surface area contributed by atoms with Gasteiger partial charge in [0.05, 0.1) is 18.6 Å². The summed E-state index contributed by atoms with van der Waals surface area (Å²) in [6.45, 7) is 11.9. The molecule has 0 fully saturated rings. The molecule has 0 heterocycles. The normalized spacial score (nSPS) is 24.5. The van der Waals surface area contributed by atoms with Crippen LogP contribution in [0.1, 0.15) is 65.0 Å². The zero-order valence-electron chi connectivity index (χ0n) is 19.9. The molecule has 1 N–H and O–H groups in total. The molecule has 0 amide bonds. The predicted molar refractivity (Wildman–Crippen MR) is 127 cm³/mol. The van der Waals surface area contributed by atoms with Crippen molar-refractivity contribution < 1.29 is 14.6 Å². The van der Waals surface area contributed by atoms with E-state index in [0.29, 0.717) is 6.42 Å². The number of benzene rings is 2. The summed E-state index contributed by atoms with van der Waals surface area (Å²) in [7, 11) is 1.65. The minimum absolute atomic E-state index is 0.0918. The Morgan fingerprint density at radius 2 is 1.55 bits per heavy atom. The lowest BCUT2D eigenvalue weighted by atomic mass is 9.55. The van der Waals surface area contributed by atoms with E-state index in [4.69, 9.17) is 4.74 Å². The van der Waals surface area contributed by atoms with Crippen LogP contribution in [0.15, 0.2) is 60.7 Å². The van der Waals surface area contributed by atoms with E-state index < -0.39 is 22.3 Å². The standard InChI is InChI=1S/C28H36O3/c1-26(2,3)25(29)24-23(20-13-15-22(31-7)16-14-20)17-21(19-11-9-8-10-12-19)18-28(24,30)27(4,5)6/h8-16,18,23-24,30H,17H2,1-7H3/t23-,24+,28+/m1/s1. The lowest BCUT2D eigenvalue weighted by molar-refractivity contribution is -0.147. The van der Waals surface area contributed by atoms with Gasteiger partial charge in [-0.2, -0.15) is 0 Å².